The van der Waals surface area contributed by atoms with Gasteiger partial charge in [-0.2, -0.15) is 5.26 Å². The first-order valence-electron chi connectivity index (χ1n) is 6.02. The van der Waals surface area contributed by atoms with E-state index < -0.39 is 0 Å². The molecule has 0 bridgehead atoms. The largest absolute Gasteiger partial charge is 0.357 e. The van der Waals surface area contributed by atoms with Crippen LogP contribution in [0.4, 0.5) is 5.82 Å². The van der Waals surface area contributed by atoms with Gasteiger partial charge >= 0.3 is 0 Å². The summed E-state index contributed by atoms with van der Waals surface area (Å²) >= 11 is 0. The van der Waals surface area contributed by atoms with E-state index in [1.165, 1.54) is 0 Å². The van der Waals surface area contributed by atoms with Crippen molar-refractivity contribution in [1.82, 2.24) is 10.3 Å². The smallest absolute Gasteiger partial charge is 0.242 e. The van der Waals surface area contributed by atoms with Crippen molar-refractivity contribution < 1.29 is 4.79 Å². The Balaban J connectivity index is 2.33. The number of anilines is 1. The Bertz CT molecular complexity index is 506. The number of carbonyl (C=O) groups excluding carboxylic acids is 1. The molecule has 1 aromatic heterocycles. The van der Waals surface area contributed by atoms with Gasteiger partial charge in [0.25, 0.3) is 0 Å². The van der Waals surface area contributed by atoms with Crippen molar-refractivity contribution >= 4 is 11.7 Å². The number of carbonyl (C=O) groups is 1. The molecule has 0 saturated carbocycles. The van der Waals surface area contributed by atoms with Gasteiger partial charge in [-0.1, -0.05) is 0 Å². The average molecular weight is 244 g/mol. The molecule has 1 unspecified atom stereocenters. The molecule has 1 aromatic rings. The zero-order valence-corrected chi connectivity index (χ0v) is 10.6. The fourth-order valence-corrected chi connectivity index (χ4v) is 2.34. The predicted octanol–water partition coefficient (Wildman–Crippen LogP) is 0.976. The lowest BCUT2D eigenvalue weighted by atomic mass is 10.2. The lowest BCUT2D eigenvalue weighted by molar-refractivity contribution is -0.121. The molecular formula is C13H16N4O. The lowest BCUT2D eigenvalue weighted by Crippen LogP contribution is -2.42. The second kappa shape index (κ2) is 5.05. The number of rotatable bonds is 2. The van der Waals surface area contributed by atoms with Crippen LogP contribution in [0.3, 0.4) is 0 Å². The third-order valence-corrected chi connectivity index (χ3v) is 3.17. The minimum absolute atomic E-state index is 0.00862. The van der Waals surface area contributed by atoms with Gasteiger partial charge in [-0.05, 0) is 31.9 Å². The van der Waals surface area contributed by atoms with Gasteiger partial charge in [0.05, 0.1) is 11.6 Å². The fraction of sp³-hybridized carbons (Fsp3) is 0.462. The molecule has 5 nitrogen and oxygen atoms in total. The molecule has 1 amide bonds. The van der Waals surface area contributed by atoms with Crippen molar-refractivity contribution in [3.05, 3.63) is 23.4 Å². The van der Waals surface area contributed by atoms with Crippen molar-refractivity contribution in [3.8, 4) is 6.07 Å². The van der Waals surface area contributed by atoms with Crippen molar-refractivity contribution in [2.75, 3.05) is 18.5 Å². The van der Waals surface area contributed by atoms with E-state index >= 15 is 0 Å². The Hall–Kier alpha value is -2.09. The van der Waals surface area contributed by atoms with Crippen LogP contribution in [0.5, 0.6) is 0 Å². The molecule has 1 aliphatic heterocycles. The molecular weight excluding hydrogens is 228 g/mol. The summed E-state index contributed by atoms with van der Waals surface area (Å²) in [5, 5.41) is 11.7. The molecule has 1 atom stereocenters. The van der Waals surface area contributed by atoms with Crippen molar-refractivity contribution in [1.29, 1.82) is 5.26 Å². The number of nitrogens with one attached hydrogen (secondary N) is 1. The van der Waals surface area contributed by atoms with Gasteiger partial charge < -0.3 is 10.2 Å². The molecule has 0 radical (unpaired) electrons. The monoisotopic (exact) mass is 244 g/mol. The molecule has 1 saturated heterocycles. The van der Waals surface area contributed by atoms with Crippen LogP contribution in [0.2, 0.25) is 0 Å². The molecule has 0 aliphatic carbocycles. The highest BCUT2D eigenvalue weighted by molar-refractivity contribution is 5.85. The van der Waals surface area contributed by atoms with Crippen LogP contribution < -0.4 is 10.2 Å². The molecule has 94 valence electrons. The number of aromatic nitrogens is 1. The first kappa shape index (κ1) is 12.4. The fourth-order valence-electron chi connectivity index (χ4n) is 2.34. The van der Waals surface area contributed by atoms with Gasteiger partial charge in [-0.3, -0.25) is 4.79 Å². The van der Waals surface area contributed by atoms with Crippen molar-refractivity contribution in [2.24, 2.45) is 0 Å². The van der Waals surface area contributed by atoms with Gasteiger partial charge in [0.1, 0.15) is 11.9 Å². The summed E-state index contributed by atoms with van der Waals surface area (Å²) < 4.78 is 0. The van der Waals surface area contributed by atoms with Gasteiger partial charge in [0, 0.05) is 19.3 Å². The van der Waals surface area contributed by atoms with E-state index in [4.69, 9.17) is 5.26 Å². The summed E-state index contributed by atoms with van der Waals surface area (Å²) in [6.45, 7) is 2.66. The standard InChI is InChI=1S/C13H16N4O/c1-9-6-10(8-14)7-12(16-9)17-5-3-4-11(17)13(18)15-2/h6-7,11H,3-5H2,1-2H3,(H,15,18). The van der Waals surface area contributed by atoms with Crippen LogP contribution in [0.1, 0.15) is 24.1 Å². The minimum Gasteiger partial charge on any atom is -0.357 e. The maximum Gasteiger partial charge on any atom is 0.242 e. The highest BCUT2D eigenvalue weighted by Gasteiger charge is 2.31. The van der Waals surface area contributed by atoms with Crippen LogP contribution in [0, 0.1) is 18.3 Å². The number of nitrogens with zero attached hydrogens (tertiary/aromatic N) is 3. The summed E-state index contributed by atoms with van der Waals surface area (Å²) in [6.07, 6.45) is 1.80. The van der Waals surface area contributed by atoms with Gasteiger partial charge in [0.15, 0.2) is 0 Å². The second-order valence-electron chi connectivity index (χ2n) is 4.43. The number of aryl methyl sites for hydroxylation is 1. The SMILES string of the molecule is CNC(=O)C1CCCN1c1cc(C#N)cc(C)n1. The van der Waals surface area contributed by atoms with Crippen LogP contribution in [-0.4, -0.2) is 30.5 Å². The van der Waals surface area contributed by atoms with Crippen LogP contribution in [-0.2, 0) is 4.79 Å². The number of hydrogen-bond donors (Lipinski definition) is 1. The van der Waals surface area contributed by atoms with E-state index in [-0.39, 0.29) is 11.9 Å². The van der Waals surface area contributed by atoms with Crippen LogP contribution in [0.15, 0.2) is 12.1 Å². The predicted molar refractivity (Wildman–Crippen MR) is 68.1 cm³/mol. The quantitative estimate of drug-likeness (QED) is 0.842. The third kappa shape index (κ3) is 2.28. The first-order valence-corrected chi connectivity index (χ1v) is 6.02. The Morgan fingerprint density at radius 2 is 2.39 bits per heavy atom. The topological polar surface area (TPSA) is 69.0 Å². The summed E-state index contributed by atoms with van der Waals surface area (Å²) in [7, 11) is 1.64. The summed E-state index contributed by atoms with van der Waals surface area (Å²) in [6, 6.07) is 5.44. The molecule has 2 heterocycles. The van der Waals surface area contributed by atoms with E-state index in [1.54, 1.807) is 19.2 Å². The highest BCUT2D eigenvalue weighted by atomic mass is 16.2. The number of amides is 1. The normalized spacial score (nSPS) is 18.5. The molecule has 5 heteroatoms. The Morgan fingerprint density at radius 1 is 1.61 bits per heavy atom. The first-order chi connectivity index (χ1) is 8.65. The van der Waals surface area contributed by atoms with E-state index in [0.29, 0.717) is 5.56 Å². The lowest BCUT2D eigenvalue weighted by Gasteiger charge is -2.24. The van der Waals surface area contributed by atoms with Crippen LogP contribution >= 0.6 is 0 Å². The maximum absolute atomic E-state index is 11.8. The van der Waals surface area contributed by atoms with Crippen molar-refractivity contribution in [2.45, 2.75) is 25.8 Å². The van der Waals surface area contributed by atoms with E-state index in [1.807, 2.05) is 11.8 Å². The number of pyridine rings is 1. The van der Waals surface area contributed by atoms with E-state index in [9.17, 15) is 4.79 Å². The van der Waals surface area contributed by atoms with Gasteiger partial charge in [0.2, 0.25) is 5.91 Å². The third-order valence-electron chi connectivity index (χ3n) is 3.17. The molecule has 1 fully saturated rings. The molecule has 0 spiro atoms. The second-order valence-corrected chi connectivity index (χ2v) is 4.43. The highest BCUT2D eigenvalue weighted by Crippen LogP contribution is 2.25. The minimum atomic E-state index is -0.171. The maximum atomic E-state index is 11.8. The van der Waals surface area contributed by atoms with Gasteiger partial charge in [-0.15, -0.1) is 0 Å². The number of nitriles is 1. The average Bonchev–Trinajstić information content (AvgIpc) is 2.86. The number of likely N-dealkylation sites (N-methyl/N-ethyl adjacent to an activating group) is 1. The molecule has 18 heavy (non-hydrogen) atoms. The Labute approximate surface area is 106 Å². The summed E-state index contributed by atoms with van der Waals surface area (Å²) in [4.78, 5) is 18.2. The molecule has 1 aliphatic rings. The van der Waals surface area contributed by atoms with E-state index in [2.05, 4.69) is 16.4 Å². The number of hydrogen-bond acceptors (Lipinski definition) is 4. The Kier molecular flexibility index (Phi) is 3.47. The van der Waals surface area contributed by atoms with Crippen molar-refractivity contribution in [3.63, 3.8) is 0 Å². The molecule has 2 rings (SSSR count). The van der Waals surface area contributed by atoms with Crippen LogP contribution in [0.25, 0.3) is 0 Å². The van der Waals surface area contributed by atoms with Gasteiger partial charge in [-0.25, -0.2) is 4.98 Å². The zero-order valence-electron chi connectivity index (χ0n) is 10.6. The molecule has 0 aromatic carbocycles. The molecule has 1 N–H and O–H groups in total. The van der Waals surface area contributed by atoms with E-state index in [0.717, 1.165) is 30.9 Å². The Morgan fingerprint density at radius 3 is 3.06 bits per heavy atom. The zero-order chi connectivity index (χ0) is 13.1. The summed E-state index contributed by atoms with van der Waals surface area (Å²) in [5.41, 5.74) is 1.38. The summed E-state index contributed by atoms with van der Waals surface area (Å²) in [5.74, 6) is 0.729.